The Balaban J connectivity index is 0. The third-order valence-electron chi connectivity index (χ3n) is 3.95. The van der Waals surface area contributed by atoms with Crippen molar-refractivity contribution in [3.8, 4) is 0 Å². The van der Waals surface area contributed by atoms with Gasteiger partial charge >= 0.3 is 0 Å². The van der Waals surface area contributed by atoms with Crippen LogP contribution in [0, 0.1) is 5.92 Å². The van der Waals surface area contributed by atoms with Crippen molar-refractivity contribution >= 4 is 42.5 Å². The van der Waals surface area contributed by atoms with Gasteiger partial charge in [-0.25, -0.2) is 0 Å². The van der Waals surface area contributed by atoms with E-state index < -0.39 is 0 Å². The fourth-order valence-corrected chi connectivity index (χ4v) is 3.35. The van der Waals surface area contributed by atoms with Gasteiger partial charge in [-0.05, 0) is 51.4 Å². The molecule has 0 bridgehead atoms. The summed E-state index contributed by atoms with van der Waals surface area (Å²) in [4.78, 5) is 14.1. The number of rotatable bonds is 10. The van der Waals surface area contributed by atoms with E-state index in [4.69, 9.17) is 0 Å². The van der Waals surface area contributed by atoms with Crippen LogP contribution in [0.15, 0.2) is 0 Å². The smallest absolute Gasteiger partial charge is 0.229 e. The predicted octanol–water partition coefficient (Wildman–Crippen LogP) is 2.41. The molecule has 0 aliphatic carbocycles. The van der Waals surface area contributed by atoms with Crippen molar-refractivity contribution in [3.63, 3.8) is 0 Å². The van der Waals surface area contributed by atoms with E-state index in [9.17, 15) is 4.79 Å². The summed E-state index contributed by atoms with van der Waals surface area (Å²) in [5.74, 6) is 2.59. The Morgan fingerprint density at radius 3 is 2.64 bits per heavy atom. The van der Waals surface area contributed by atoms with E-state index >= 15 is 0 Å². The lowest BCUT2D eigenvalue weighted by Crippen LogP contribution is -2.33. The maximum atomic E-state index is 11.7. The molecule has 0 aromatic carbocycles. The van der Waals surface area contributed by atoms with Crippen LogP contribution in [0.4, 0.5) is 0 Å². The van der Waals surface area contributed by atoms with Crippen LogP contribution in [0.3, 0.4) is 0 Å². The second kappa shape index (κ2) is 16.2. The van der Waals surface area contributed by atoms with E-state index in [0.717, 1.165) is 57.4 Å². The SMILES string of the molecule is CCN(CC)CCSCC(=O)NCCC1CCCNC1.Cl.Cl. The van der Waals surface area contributed by atoms with E-state index in [1.165, 1.54) is 12.8 Å². The summed E-state index contributed by atoms with van der Waals surface area (Å²) in [5, 5.41) is 6.46. The first-order chi connectivity index (χ1) is 9.76. The first-order valence-electron chi connectivity index (χ1n) is 8.03. The number of piperidine rings is 1. The maximum absolute atomic E-state index is 11.7. The number of carbonyl (C=O) groups is 1. The van der Waals surface area contributed by atoms with Gasteiger partial charge in [0.05, 0.1) is 5.75 Å². The zero-order chi connectivity index (χ0) is 14.6. The Hall–Kier alpha value is 0.320. The lowest BCUT2D eigenvalue weighted by atomic mass is 9.96. The third-order valence-corrected chi connectivity index (χ3v) is 4.89. The van der Waals surface area contributed by atoms with Crippen LogP contribution in [0.1, 0.15) is 33.1 Å². The minimum absolute atomic E-state index is 0. The summed E-state index contributed by atoms with van der Waals surface area (Å²) in [7, 11) is 0. The van der Waals surface area contributed by atoms with Gasteiger partial charge in [0.25, 0.3) is 0 Å². The molecule has 0 aromatic rings. The molecule has 22 heavy (non-hydrogen) atoms. The highest BCUT2D eigenvalue weighted by atomic mass is 35.5. The van der Waals surface area contributed by atoms with Crippen LogP contribution in [0.2, 0.25) is 0 Å². The van der Waals surface area contributed by atoms with Gasteiger partial charge in [0.1, 0.15) is 0 Å². The second-order valence-electron chi connectivity index (χ2n) is 5.43. The van der Waals surface area contributed by atoms with Crippen molar-refractivity contribution in [1.29, 1.82) is 0 Å². The van der Waals surface area contributed by atoms with Gasteiger partial charge in [-0.2, -0.15) is 11.8 Å². The first kappa shape index (κ1) is 24.6. The number of nitrogens with one attached hydrogen (secondary N) is 2. The van der Waals surface area contributed by atoms with E-state index in [0.29, 0.717) is 5.75 Å². The van der Waals surface area contributed by atoms with E-state index in [-0.39, 0.29) is 30.7 Å². The summed E-state index contributed by atoms with van der Waals surface area (Å²) in [5.41, 5.74) is 0. The molecule has 7 heteroatoms. The molecule has 1 amide bonds. The zero-order valence-corrected chi connectivity index (χ0v) is 16.4. The van der Waals surface area contributed by atoms with Gasteiger partial charge in [-0.3, -0.25) is 4.79 Å². The van der Waals surface area contributed by atoms with Crippen LogP contribution in [-0.2, 0) is 4.79 Å². The number of amides is 1. The minimum atomic E-state index is 0. The van der Waals surface area contributed by atoms with E-state index in [2.05, 4.69) is 29.4 Å². The number of carbonyl (C=O) groups excluding carboxylic acids is 1. The Morgan fingerprint density at radius 2 is 2.05 bits per heavy atom. The molecule has 4 nitrogen and oxygen atoms in total. The molecule has 0 saturated carbocycles. The molecule has 1 aliphatic rings. The zero-order valence-electron chi connectivity index (χ0n) is 13.9. The van der Waals surface area contributed by atoms with Crippen LogP contribution in [0.25, 0.3) is 0 Å². The van der Waals surface area contributed by atoms with Gasteiger partial charge in [0.2, 0.25) is 5.91 Å². The standard InChI is InChI=1S/C15H31N3OS.2ClH/c1-3-18(4-2)10-11-20-13-15(19)17-9-7-14-6-5-8-16-12-14;;/h14,16H,3-13H2,1-2H3,(H,17,19);2*1H. The fourth-order valence-electron chi connectivity index (χ4n) is 2.54. The number of nitrogens with zero attached hydrogens (tertiary/aromatic N) is 1. The molecule has 0 radical (unpaired) electrons. The molecule has 1 fully saturated rings. The Labute approximate surface area is 152 Å². The molecule has 1 rings (SSSR count). The third kappa shape index (κ3) is 11.8. The average molecular weight is 374 g/mol. The number of hydrogen-bond donors (Lipinski definition) is 2. The van der Waals surface area contributed by atoms with Crippen LogP contribution < -0.4 is 10.6 Å². The highest BCUT2D eigenvalue weighted by Gasteiger charge is 2.12. The quantitative estimate of drug-likeness (QED) is 0.577. The van der Waals surface area contributed by atoms with Gasteiger partial charge in [0, 0.05) is 18.8 Å². The fraction of sp³-hybridized carbons (Fsp3) is 0.933. The van der Waals surface area contributed by atoms with E-state index in [1.54, 1.807) is 11.8 Å². The topological polar surface area (TPSA) is 44.4 Å². The number of thioether (sulfide) groups is 1. The maximum Gasteiger partial charge on any atom is 0.229 e. The molecule has 1 aliphatic heterocycles. The van der Waals surface area contributed by atoms with Crippen molar-refractivity contribution in [2.75, 3.05) is 50.8 Å². The van der Waals surface area contributed by atoms with Gasteiger partial charge in [-0.15, -0.1) is 24.8 Å². The second-order valence-corrected chi connectivity index (χ2v) is 6.54. The summed E-state index contributed by atoms with van der Waals surface area (Å²) < 4.78 is 0. The molecular formula is C15H33Cl2N3OS. The summed E-state index contributed by atoms with van der Waals surface area (Å²) in [6.45, 7) is 10.8. The van der Waals surface area contributed by atoms with Crippen LogP contribution >= 0.6 is 36.6 Å². The van der Waals surface area contributed by atoms with Gasteiger partial charge in [0.15, 0.2) is 0 Å². The molecular weight excluding hydrogens is 341 g/mol. The molecule has 1 unspecified atom stereocenters. The van der Waals surface area contributed by atoms with Crippen molar-refractivity contribution in [1.82, 2.24) is 15.5 Å². The van der Waals surface area contributed by atoms with Crippen molar-refractivity contribution in [2.24, 2.45) is 5.92 Å². The Morgan fingerprint density at radius 1 is 1.32 bits per heavy atom. The largest absolute Gasteiger partial charge is 0.355 e. The number of halogens is 2. The monoisotopic (exact) mass is 373 g/mol. The van der Waals surface area contributed by atoms with Crippen LogP contribution in [-0.4, -0.2) is 61.6 Å². The summed E-state index contributed by atoms with van der Waals surface area (Å²) in [6.07, 6.45) is 3.70. The average Bonchev–Trinajstić information content (AvgIpc) is 2.48. The molecule has 0 aromatic heterocycles. The van der Waals surface area contributed by atoms with Crippen molar-refractivity contribution < 1.29 is 4.79 Å². The summed E-state index contributed by atoms with van der Waals surface area (Å²) >= 11 is 1.74. The molecule has 1 atom stereocenters. The molecule has 1 heterocycles. The highest BCUT2D eigenvalue weighted by molar-refractivity contribution is 7.99. The first-order valence-corrected chi connectivity index (χ1v) is 9.19. The van der Waals surface area contributed by atoms with Gasteiger partial charge < -0.3 is 15.5 Å². The predicted molar refractivity (Wildman–Crippen MR) is 103 cm³/mol. The van der Waals surface area contributed by atoms with Crippen LogP contribution in [0.5, 0.6) is 0 Å². The molecule has 134 valence electrons. The lowest BCUT2D eigenvalue weighted by molar-refractivity contribution is -0.118. The molecule has 0 spiro atoms. The molecule has 2 N–H and O–H groups in total. The number of hydrogen-bond acceptors (Lipinski definition) is 4. The van der Waals surface area contributed by atoms with Crippen molar-refractivity contribution in [2.45, 2.75) is 33.1 Å². The Bertz CT molecular complexity index is 263. The Kier molecular flexibility index (Phi) is 18.1. The molecule has 1 saturated heterocycles. The van der Waals surface area contributed by atoms with E-state index in [1.807, 2.05) is 0 Å². The lowest BCUT2D eigenvalue weighted by Gasteiger charge is -2.22. The normalized spacial score (nSPS) is 17.5. The van der Waals surface area contributed by atoms with Gasteiger partial charge in [-0.1, -0.05) is 13.8 Å². The highest BCUT2D eigenvalue weighted by Crippen LogP contribution is 2.12. The van der Waals surface area contributed by atoms with Crippen molar-refractivity contribution in [3.05, 3.63) is 0 Å². The minimum Gasteiger partial charge on any atom is -0.355 e. The summed E-state index contributed by atoms with van der Waals surface area (Å²) in [6, 6.07) is 0.